The fourth-order valence-electron chi connectivity index (χ4n) is 2.08. The summed E-state index contributed by atoms with van der Waals surface area (Å²) in [6, 6.07) is 0. The molecule has 17 heavy (non-hydrogen) atoms. The van der Waals surface area contributed by atoms with Crippen LogP contribution in [0.4, 0.5) is 0 Å². The SMILES string of the molecule is CCCCC(CC)C(CCCC)OP(O)(=S)S. The predicted octanol–water partition coefficient (Wildman–Crippen LogP) is 4.92. The van der Waals surface area contributed by atoms with Crippen LogP contribution in [0.1, 0.15) is 65.7 Å². The van der Waals surface area contributed by atoms with Crippen LogP contribution in [0.15, 0.2) is 0 Å². The maximum Gasteiger partial charge on any atom is 0.241 e. The van der Waals surface area contributed by atoms with Crippen LogP contribution in [0.2, 0.25) is 0 Å². The molecule has 0 amide bonds. The van der Waals surface area contributed by atoms with Crippen LogP contribution in [0.3, 0.4) is 0 Å². The van der Waals surface area contributed by atoms with E-state index in [9.17, 15) is 4.89 Å². The topological polar surface area (TPSA) is 29.5 Å². The van der Waals surface area contributed by atoms with Crippen molar-refractivity contribution in [1.82, 2.24) is 0 Å². The lowest BCUT2D eigenvalue weighted by atomic mass is 9.90. The van der Waals surface area contributed by atoms with Crippen molar-refractivity contribution in [3.63, 3.8) is 0 Å². The lowest BCUT2D eigenvalue weighted by Crippen LogP contribution is -2.22. The van der Waals surface area contributed by atoms with E-state index in [1.54, 1.807) is 0 Å². The molecule has 0 aromatic rings. The second-order valence-corrected chi connectivity index (χ2v) is 9.70. The summed E-state index contributed by atoms with van der Waals surface area (Å²) in [7, 11) is 0. The number of rotatable bonds is 10. The summed E-state index contributed by atoms with van der Waals surface area (Å²) in [6.45, 7) is 6.55. The van der Waals surface area contributed by atoms with Crippen molar-refractivity contribution in [3.05, 3.63) is 0 Å². The van der Waals surface area contributed by atoms with E-state index in [1.165, 1.54) is 12.8 Å². The number of hydrogen-bond donors (Lipinski definition) is 2. The molecule has 0 saturated heterocycles. The molecule has 0 spiro atoms. The van der Waals surface area contributed by atoms with Crippen LogP contribution >= 0.6 is 17.9 Å². The molecule has 5 heteroatoms. The second-order valence-electron chi connectivity index (χ2n) is 4.59. The van der Waals surface area contributed by atoms with E-state index in [0.717, 1.165) is 32.1 Å². The van der Waals surface area contributed by atoms with Crippen molar-refractivity contribution in [2.24, 2.45) is 5.92 Å². The molecule has 0 aromatic carbocycles. The van der Waals surface area contributed by atoms with Gasteiger partial charge in [-0.15, -0.1) is 0 Å². The zero-order chi connectivity index (χ0) is 13.3. The average Bonchev–Trinajstić information content (AvgIpc) is 2.24. The molecule has 3 atom stereocenters. The number of unbranched alkanes of at least 4 members (excludes halogenated alkanes) is 2. The van der Waals surface area contributed by atoms with E-state index < -0.39 is 5.69 Å². The van der Waals surface area contributed by atoms with Crippen molar-refractivity contribution in [3.8, 4) is 0 Å². The Morgan fingerprint density at radius 3 is 2.12 bits per heavy atom. The molecule has 0 radical (unpaired) electrons. The van der Waals surface area contributed by atoms with Crippen LogP contribution in [0.5, 0.6) is 0 Å². The fraction of sp³-hybridized carbons (Fsp3) is 1.00. The van der Waals surface area contributed by atoms with E-state index in [1.807, 2.05) is 0 Å². The molecule has 0 aliphatic heterocycles. The second kappa shape index (κ2) is 9.80. The van der Waals surface area contributed by atoms with Crippen molar-refractivity contribution in [2.75, 3.05) is 0 Å². The van der Waals surface area contributed by atoms with Crippen LogP contribution in [-0.4, -0.2) is 11.0 Å². The summed E-state index contributed by atoms with van der Waals surface area (Å²) in [5.41, 5.74) is -2.83. The Bertz CT molecular complexity index is 231. The van der Waals surface area contributed by atoms with Gasteiger partial charge in [-0.2, -0.15) is 0 Å². The zero-order valence-electron chi connectivity index (χ0n) is 11.3. The standard InChI is InChI=1S/C12H27O2PS2/c1-4-7-9-11(6-3)12(10-8-5-2)14-15(13,16)17/h11-12H,4-10H2,1-3H3,(H2,13,16,17). The summed E-state index contributed by atoms with van der Waals surface area (Å²) in [4.78, 5) is 9.63. The van der Waals surface area contributed by atoms with Gasteiger partial charge in [0.1, 0.15) is 0 Å². The molecule has 104 valence electrons. The Hall–Kier alpha value is 0.920. The van der Waals surface area contributed by atoms with Crippen LogP contribution in [0.25, 0.3) is 0 Å². The molecular formula is C12H27O2PS2. The third-order valence-electron chi connectivity index (χ3n) is 3.09. The molecule has 0 aliphatic rings. The molecular weight excluding hydrogens is 271 g/mol. The zero-order valence-corrected chi connectivity index (χ0v) is 13.9. The first-order valence-electron chi connectivity index (χ1n) is 6.68. The van der Waals surface area contributed by atoms with Gasteiger partial charge >= 0.3 is 0 Å². The molecule has 3 unspecified atom stereocenters. The Balaban J connectivity index is 4.44. The Kier molecular flexibility index (Phi) is 10.3. The molecule has 0 heterocycles. The van der Waals surface area contributed by atoms with Gasteiger partial charge in [0, 0.05) is 0 Å². The maximum absolute atomic E-state index is 9.63. The lowest BCUT2D eigenvalue weighted by Gasteiger charge is -2.28. The maximum atomic E-state index is 9.63. The third kappa shape index (κ3) is 9.49. The van der Waals surface area contributed by atoms with Gasteiger partial charge in [0.05, 0.1) is 6.10 Å². The highest BCUT2D eigenvalue weighted by atomic mass is 32.9. The summed E-state index contributed by atoms with van der Waals surface area (Å²) >= 11 is 8.90. The van der Waals surface area contributed by atoms with Gasteiger partial charge < -0.3 is 9.42 Å². The van der Waals surface area contributed by atoms with Crippen molar-refractivity contribution < 1.29 is 9.42 Å². The number of hydrogen-bond acceptors (Lipinski definition) is 2. The minimum Gasteiger partial charge on any atom is -0.338 e. The Morgan fingerprint density at radius 1 is 1.18 bits per heavy atom. The average molecular weight is 298 g/mol. The monoisotopic (exact) mass is 298 g/mol. The van der Waals surface area contributed by atoms with Gasteiger partial charge in [0.2, 0.25) is 5.69 Å². The molecule has 0 saturated carbocycles. The quantitative estimate of drug-likeness (QED) is 0.443. The van der Waals surface area contributed by atoms with Crippen molar-refractivity contribution in [1.29, 1.82) is 0 Å². The third-order valence-corrected chi connectivity index (χ3v) is 4.18. The first-order valence-corrected chi connectivity index (χ1v) is 10.5. The fourth-order valence-corrected chi connectivity index (χ4v) is 3.40. The first-order chi connectivity index (χ1) is 7.94. The molecule has 0 aliphatic carbocycles. The lowest BCUT2D eigenvalue weighted by molar-refractivity contribution is 0.117. The molecule has 0 rings (SSSR count). The minimum atomic E-state index is -2.83. The summed E-state index contributed by atoms with van der Waals surface area (Å²) in [5.74, 6) is 0.503. The summed E-state index contributed by atoms with van der Waals surface area (Å²) in [6.07, 6.45) is 7.98. The highest BCUT2D eigenvalue weighted by molar-refractivity contribution is 8.59. The van der Waals surface area contributed by atoms with Crippen LogP contribution < -0.4 is 0 Å². The number of thiol groups is 1. The summed E-state index contributed by atoms with van der Waals surface area (Å²) < 4.78 is 5.64. The van der Waals surface area contributed by atoms with Crippen LogP contribution in [-0.2, 0) is 16.3 Å². The minimum absolute atomic E-state index is 0.0832. The molecule has 1 N–H and O–H groups in total. The first kappa shape index (κ1) is 17.9. The molecule has 2 nitrogen and oxygen atoms in total. The predicted molar refractivity (Wildman–Crippen MR) is 83.2 cm³/mol. The van der Waals surface area contributed by atoms with E-state index in [0.29, 0.717) is 5.92 Å². The molecule has 0 aromatic heterocycles. The highest BCUT2D eigenvalue weighted by Gasteiger charge is 2.24. The van der Waals surface area contributed by atoms with Gasteiger partial charge in [-0.25, -0.2) is 0 Å². The van der Waals surface area contributed by atoms with E-state index in [4.69, 9.17) is 16.3 Å². The Labute approximate surface area is 117 Å². The largest absolute Gasteiger partial charge is 0.338 e. The van der Waals surface area contributed by atoms with E-state index in [-0.39, 0.29) is 6.10 Å². The Morgan fingerprint density at radius 2 is 1.71 bits per heavy atom. The summed E-state index contributed by atoms with van der Waals surface area (Å²) in [5, 5.41) is 0. The van der Waals surface area contributed by atoms with E-state index in [2.05, 4.69) is 33.0 Å². The van der Waals surface area contributed by atoms with Crippen molar-refractivity contribution in [2.45, 2.75) is 71.8 Å². The van der Waals surface area contributed by atoms with Gasteiger partial charge in [-0.3, -0.25) is 0 Å². The van der Waals surface area contributed by atoms with Crippen LogP contribution in [0, 0.1) is 5.92 Å². The van der Waals surface area contributed by atoms with Crippen molar-refractivity contribution >= 4 is 29.7 Å². The van der Waals surface area contributed by atoms with E-state index >= 15 is 0 Å². The van der Waals surface area contributed by atoms with Gasteiger partial charge in [-0.05, 0) is 30.6 Å². The highest BCUT2D eigenvalue weighted by Crippen LogP contribution is 2.50. The van der Waals surface area contributed by atoms with Gasteiger partial charge in [-0.1, -0.05) is 65.1 Å². The smallest absolute Gasteiger partial charge is 0.241 e. The molecule has 0 fully saturated rings. The van der Waals surface area contributed by atoms with Gasteiger partial charge in [0.15, 0.2) is 0 Å². The normalized spacial score (nSPS) is 18.6. The molecule has 0 bridgehead atoms. The van der Waals surface area contributed by atoms with Gasteiger partial charge in [0.25, 0.3) is 0 Å².